The van der Waals surface area contributed by atoms with Gasteiger partial charge in [-0.1, -0.05) is 24.3 Å². The molecule has 0 aliphatic carbocycles. The van der Waals surface area contributed by atoms with E-state index in [1.807, 2.05) is 37.3 Å². The molecule has 90 valence electrons. The molecule has 0 atom stereocenters. The number of hydrogen-bond donors (Lipinski definition) is 1. The Hall–Kier alpha value is -1.79. The van der Waals surface area contributed by atoms with E-state index in [1.54, 1.807) is 0 Å². The summed E-state index contributed by atoms with van der Waals surface area (Å²) in [6, 6.07) is 9.76. The van der Waals surface area contributed by atoms with E-state index in [1.165, 1.54) is 5.56 Å². The molecule has 1 rings (SSSR count). The van der Waals surface area contributed by atoms with Crippen LogP contribution in [0.15, 0.2) is 36.4 Å². The van der Waals surface area contributed by atoms with Gasteiger partial charge in [-0.25, -0.2) is 0 Å². The first-order valence-corrected chi connectivity index (χ1v) is 5.77. The van der Waals surface area contributed by atoms with Crippen molar-refractivity contribution in [2.24, 2.45) is 0 Å². The molecule has 1 aromatic carbocycles. The molecule has 0 aliphatic heterocycles. The Kier molecular flexibility index (Phi) is 6.54. The molecule has 1 N–H and O–H groups in total. The van der Waals surface area contributed by atoms with Gasteiger partial charge in [0.25, 0.3) is 0 Å². The predicted octanol–water partition coefficient (Wildman–Crippen LogP) is 2.64. The van der Waals surface area contributed by atoms with Crippen LogP contribution in [0.4, 0.5) is 0 Å². The minimum absolute atomic E-state index is 0.0954. The summed E-state index contributed by atoms with van der Waals surface area (Å²) in [7, 11) is 0. The molecule has 0 unspecified atom stereocenters. The Bertz CT molecular complexity index is 393. The first-order chi connectivity index (χ1) is 8.36. The molecule has 0 spiro atoms. The fraction of sp³-hybridized carbons (Fsp3) is 0.357. The molecule has 0 aliphatic rings. The summed E-state index contributed by atoms with van der Waals surface area (Å²) < 4.78 is 5.24. The van der Waals surface area contributed by atoms with Crippen molar-refractivity contribution < 1.29 is 4.74 Å². The predicted molar refractivity (Wildman–Crippen MR) is 68.7 cm³/mol. The third-order valence-electron chi connectivity index (χ3n) is 2.25. The van der Waals surface area contributed by atoms with Crippen molar-refractivity contribution in [1.29, 1.82) is 5.26 Å². The molecular weight excluding hydrogens is 212 g/mol. The van der Waals surface area contributed by atoms with E-state index in [9.17, 15) is 0 Å². The standard InChI is InChI=1S/C14H18N2O/c1-2-3-4-9-16-12-13-6-5-7-14(11-13)17-10-8-15/h2-3,5-7,11,16H,4,9-10,12H2,1H3/b3-2+. The Morgan fingerprint density at radius 3 is 3.12 bits per heavy atom. The monoisotopic (exact) mass is 230 g/mol. The zero-order chi connectivity index (χ0) is 12.3. The van der Waals surface area contributed by atoms with Gasteiger partial charge in [-0.15, -0.1) is 0 Å². The van der Waals surface area contributed by atoms with Crippen LogP contribution in [0, 0.1) is 11.3 Å². The zero-order valence-corrected chi connectivity index (χ0v) is 10.1. The molecule has 0 fully saturated rings. The Labute approximate surface area is 103 Å². The Balaban J connectivity index is 2.35. The highest BCUT2D eigenvalue weighted by Gasteiger charge is 1.96. The molecule has 1 aromatic rings. The van der Waals surface area contributed by atoms with E-state index in [4.69, 9.17) is 10.00 Å². The zero-order valence-electron chi connectivity index (χ0n) is 10.1. The second-order valence-corrected chi connectivity index (χ2v) is 3.63. The van der Waals surface area contributed by atoms with Gasteiger partial charge in [0.1, 0.15) is 11.8 Å². The minimum Gasteiger partial charge on any atom is -0.479 e. The van der Waals surface area contributed by atoms with Gasteiger partial charge in [-0.2, -0.15) is 5.26 Å². The number of rotatable bonds is 7. The normalized spacial score (nSPS) is 10.4. The van der Waals surface area contributed by atoms with Gasteiger partial charge < -0.3 is 10.1 Å². The van der Waals surface area contributed by atoms with Crippen LogP contribution >= 0.6 is 0 Å². The molecule has 0 amide bonds. The van der Waals surface area contributed by atoms with Crippen molar-refractivity contribution in [3.05, 3.63) is 42.0 Å². The molecule has 0 heterocycles. The summed E-state index contributed by atoms with van der Waals surface area (Å²) in [4.78, 5) is 0. The van der Waals surface area contributed by atoms with E-state index in [0.29, 0.717) is 0 Å². The van der Waals surface area contributed by atoms with Gasteiger partial charge in [0.2, 0.25) is 0 Å². The second kappa shape index (κ2) is 8.37. The highest BCUT2D eigenvalue weighted by molar-refractivity contribution is 5.28. The summed E-state index contributed by atoms with van der Waals surface area (Å²) in [6.45, 7) is 3.91. The maximum atomic E-state index is 8.43. The third-order valence-corrected chi connectivity index (χ3v) is 2.25. The highest BCUT2D eigenvalue weighted by atomic mass is 16.5. The largest absolute Gasteiger partial charge is 0.479 e. The first kappa shape index (κ1) is 13.3. The van der Waals surface area contributed by atoms with Crippen LogP contribution in [0.25, 0.3) is 0 Å². The molecule has 0 aromatic heterocycles. The molecule has 0 radical (unpaired) electrons. The SMILES string of the molecule is C/C=C/CCNCc1cccc(OCC#N)c1. The van der Waals surface area contributed by atoms with E-state index in [-0.39, 0.29) is 6.61 Å². The number of hydrogen-bond acceptors (Lipinski definition) is 3. The lowest BCUT2D eigenvalue weighted by molar-refractivity contribution is 0.367. The molecule has 0 saturated heterocycles. The fourth-order valence-electron chi connectivity index (χ4n) is 1.45. The van der Waals surface area contributed by atoms with E-state index in [0.717, 1.165) is 25.3 Å². The maximum Gasteiger partial charge on any atom is 0.174 e. The summed E-state index contributed by atoms with van der Waals surface area (Å²) >= 11 is 0. The smallest absolute Gasteiger partial charge is 0.174 e. The summed E-state index contributed by atoms with van der Waals surface area (Å²) in [5, 5.41) is 11.8. The number of ether oxygens (including phenoxy) is 1. The van der Waals surface area contributed by atoms with E-state index in [2.05, 4.69) is 17.5 Å². The highest BCUT2D eigenvalue weighted by Crippen LogP contribution is 2.12. The second-order valence-electron chi connectivity index (χ2n) is 3.63. The Morgan fingerprint density at radius 2 is 2.35 bits per heavy atom. The van der Waals surface area contributed by atoms with Crippen LogP contribution in [0.5, 0.6) is 5.75 Å². The minimum atomic E-state index is 0.0954. The molecule has 3 heteroatoms. The molecule has 0 saturated carbocycles. The van der Waals surface area contributed by atoms with Crippen molar-refractivity contribution >= 4 is 0 Å². The number of nitrogens with zero attached hydrogens (tertiary/aromatic N) is 1. The van der Waals surface area contributed by atoms with Gasteiger partial charge in [-0.05, 0) is 37.6 Å². The number of allylic oxidation sites excluding steroid dienone is 1. The summed E-state index contributed by atoms with van der Waals surface area (Å²) in [5.41, 5.74) is 1.17. The van der Waals surface area contributed by atoms with Crippen molar-refractivity contribution in [2.45, 2.75) is 19.9 Å². The summed E-state index contributed by atoms with van der Waals surface area (Å²) in [6.07, 6.45) is 5.23. The number of nitriles is 1. The maximum absolute atomic E-state index is 8.43. The van der Waals surface area contributed by atoms with Gasteiger partial charge >= 0.3 is 0 Å². The topological polar surface area (TPSA) is 45.0 Å². The Morgan fingerprint density at radius 1 is 1.47 bits per heavy atom. The fourth-order valence-corrected chi connectivity index (χ4v) is 1.45. The average molecular weight is 230 g/mol. The lowest BCUT2D eigenvalue weighted by atomic mass is 10.2. The average Bonchev–Trinajstić information content (AvgIpc) is 2.37. The van der Waals surface area contributed by atoms with E-state index >= 15 is 0 Å². The first-order valence-electron chi connectivity index (χ1n) is 5.77. The lowest BCUT2D eigenvalue weighted by Gasteiger charge is -2.06. The van der Waals surface area contributed by atoms with Crippen LogP contribution in [0.2, 0.25) is 0 Å². The quantitative estimate of drug-likeness (QED) is 0.578. The lowest BCUT2D eigenvalue weighted by Crippen LogP contribution is -2.14. The van der Waals surface area contributed by atoms with Crippen LogP contribution in [-0.4, -0.2) is 13.2 Å². The third kappa shape index (κ3) is 5.74. The van der Waals surface area contributed by atoms with Crippen LogP contribution in [0.1, 0.15) is 18.9 Å². The molecular formula is C14H18N2O. The number of benzene rings is 1. The van der Waals surface area contributed by atoms with Crippen LogP contribution in [-0.2, 0) is 6.54 Å². The van der Waals surface area contributed by atoms with Crippen molar-refractivity contribution in [3.63, 3.8) is 0 Å². The van der Waals surface area contributed by atoms with E-state index < -0.39 is 0 Å². The van der Waals surface area contributed by atoms with Crippen molar-refractivity contribution in [1.82, 2.24) is 5.32 Å². The van der Waals surface area contributed by atoms with Crippen LogP contribution in [0.3, 0.4) is 0 Å². The van der Waals surface area contributed by atoms with Gasteiger partial charge in [0.15, 0.2) is 6.61 Å². The van der Waals surface area contributed by atoms with Crippen molar-refractivity contribution in [2.75, 3.05) is 13.2 Å². The van der Waals surface area contributed by atoms with Gasteiger partial charge in [0.05, 0.1) is 0 Å². The van der Waals surface area contributed by atoms with Gasteiger partial charge in [0, 0.05) is 6.54 Å². The van der Waals surface area contributed by atoms with Gasteiger partial charge in [-0.3, -0.25) is 0 Å². The summed E-state index contributed by atoms with van der Waals surface area (Å²) in [5.74, 6) is 0.749. The molecule has 3 nitrogen and oxygen atoms in total. The molecule has 17 heavy (non-hydrogen) atoms. The number of nitrogens with one attached hydrogen (secondary N) is 1. The molecule has 0 bridgehead atoms. The van der Waals surface area contributed by atoms with Crippen LogP contribution < -0.4 is 10.1 Å². The van der Waals surface area contributed by atoms with Crippen molar-refractivity contribution in [3.8, 4) is 11.8 Å².